The molecule has 0 unspecified atom stereocenters. The highest BCUT2D eigenvalue weighted by molar-refractivity contribution is 7.91. The number of benzene rings is 1. The lowest BCUT2D eigenvalue weighted by Crippen LogP contribution is -2.53. The van der Waals surface area contributed by atoms with Crippen molar-refractivity contribution in [3.05, 3.63) is 42.7 Å². The van der Waals surface area contributed by atoms with Crippen molar-refractivity contribution < 1.29 is 37.1 Å². The Balaban J connectivity index is 1.11. The number of imidazole rings is 1. The number of anilines is 1. The van der Waals surface area contributed by atoms with Crippen LogP contribution in [0.15, 0.2) is 42.7 Å². The van der Waals surface area contributed by atoms with E-state index in [1.807, 2.05) is 48.8 Å². The third kappa shape index (κ3) is 9.30. The number of alkyl carbamates (subject to hydrolysis) is 1. The van der Waals surface area contributed by atoms with Gasteiger partial charge < -0.3 is 24.6 Å². The van der Waals surface area contributed by atoms with Crippen LogP contribution in [0, 0.1) is 11.3 Å². The highest BCUT2D eigenvalue weighted by atomic mass is 32.2. The first kappa shape index (κ1) is 44.5. The number of aromatic nitrogens is 4. The zero-order valence-electron chi connectivity index (χ0n) is 37.4. The van der Waals surface area contributed by atoms with Gasteiger partial charge in [0.1, 0.15) is 29.1 Å². The van der Waals surface area contributed by atoms with E-state index in [1.165, 1.54) is 4.90 Å². The molecule has 3 amide bonds. The minimum Gasteiger partial charge on any atom is -0.459 e. The maximum atomic E-state index is 14.8. The van der Waals surface area contributed by atoms with E-state index in [0.717, 1.165) is 55.7 Å². The minimum absolute atomic E-state index is 0.00853. The van der Waals surface area contributed by atoms with Gasteiger partial charge in [-0.25, -0.2) is 18.2 Å². The van der Waals surface area contributed by atoms with Gasteiger partial charge in [-0.2, -0.15) is 4.98 Å². The molecule has 2 N–H and O–H groups in total. The second kappa shape index (κ2) is 17.1. The first-order chi connectivity index (χ1) is 29.9. The van der Waals surface area contributed by atoms with Crippen LogP contribution in [0.25, 0.3) is 22.3 Å². The first-order valence-corrected chi connectivity index (χ1v) is 24.2. The third-order valence-corrected chi connectivity index (χ3v) is 15.5. The third-order valence-electron chi connectivity index (χ3n) is 13.4. The van der Waals surface area contributed by atoms with Crippen molar-refractivity contribution in [1.29, 1.82) is 0 Å². The number of nitrogens with zero attached hydrogens (tertiary/aromatic N) is 6. The lowest BCUT2D eigenvalue weighted by atomic mass is 9.91. The van der Waals surface area contributed by atoms with Crippen LogP contribution in [-0.2, 0) is 29.1 Å². The van der Waals surface area contributed by atoms with Crippen molar-refractivity contribution in [2.24, 2.45) is 11.3 Å². The van der Waals surface area contributed by atoms with Crippen molar-refractivity contribution in [2.75, 3.05) is 24.5 Å². The zero-order valence-corrected chi connectivity index (χ0v) is 38.2. The molecule has 3 aliphatic heterocycles. The van der Waals surface area contributed by atoms with Crippen LogP contribution in [0.3, 0.4) is 0 Å². The number of hydrogen-bond donors (Lipinski definition) is 2. The fourth-order valence-corrected chi connectivity index (χ4v) is 10.7. The van der Waals surface area contributed by atoms with Gasteiger partial charge in [0.15, 0.2) is 5.78 Å². The summed E-state index contributed by atoms with van der Waals surface area (Å²) >= 11 is 0. The van der Waals surface area contributed by atoms with E-state index in [0.29, 0.717) is 55.7 Å². The maximum absolute atomic E-state index is 14.8. The van der Waals surface area contributed by atoms with Gasteiger partial charge in [-0.15, -0.1) is 0 Å². The monoisotopic (exact) mass is 886 g/mol. The molecule has 17 heteroatoms. The SMILES string of the molecule is CC(C)n1c(O[C@@H]2C[C@H]3C(=O)C[C@]4(C(=O)NS(=O)(=O)C5(C)CC5)C[C@H]4/C=C\CCCCC[C@H](NC(=O)OC(C)(C)C)C(=O)N3C2)nc2c(-c3cnc(N4CCCC4)cn3)cccc21. The standard InChI is InChI=1S/C46H62N8O8S/c1-29(2)54-35-18-14-16-32(34-26-48-38(27-47-34)52-21-12-13-22-52)39(35)50-42(54)61-31-23-36-37(55)25-46(41(57)51-63(59,60)45(6)19-20-45)24-30(46)15-10-8-7-9-11-17-33(40(56)53(36)28-31)49-43(58)62-44(3,4)5/h10,14-16,18,26-27,29-31,33,36H,7-9,11-13,17,19-25,28H2,1-6H3,(H,49,58)(H,51,57)/b15-10-/t30-,31-,33+,36+,46-/m1/s1. The summed E-state index contributed by atoms with van der Waals surface area (Å²) in [6.07, 6.45) is 12.6. The van der Waals surface area contributed by atoms with E-state index in [-0.39, 0.29) is 37.1 Å². The highest BCUT2D eigenvalue weighted by Crippen LogP contribution is 2.57. The Morgan fingerprint density at radius 2 is 1.76 bits per heavy atom. The molecule has 0 bridgehead atoms. The molecule has 16 nitrogen and oxygen atoms in total. The van der Waals surface area contributed by atoms with Gasteiger partial charge in [0, 0.05) is 37.5 Å². The number of rotatable bonds is 9. The van der Waals surface area contributed by atoms with Crippen molar-refractivity contribution in [2.45, 2.75) is 153 Å². The number of ether oxygens (including phenoxy) is 2. The van der Waals surface area contributed by atoms with Crippen LogP contribution in [0.2, 0.25) is 0 Å². The summed E-state index contributed by atoms with van der Waals surface area (Å²) in [5, 5.41) is 2.80. The molecule has 2 aromatic heterocycles. The van der Waals surface area contributed by atoms with Crippen molar-refractivity contribution >= 4 is 50.6 Å². The molecule has 2 aliphatic carbocycles. The predicted octanol–water partition coefficient (Wildman–Crippen LogP) is 6.40. The van der Waals surface area contributed by atoms with Gasteiger partial charge in [0.05, 0.1) is 46.4 Å². The number of fused-ring (bicyclic) bond motifs is 3. The van der Waals surface area contributed by atoms with E-state index in [1.54, 1.807) is 40.1 Å². The number of allylic oxidation sites excluding steroid dienone is 2. The minimum atomic E-state index is -3.97. The molecule has 1 aromatic carbocycles. The van der Waals surface area contributed by atoms with Crippen molar-refractivity contribution in [3.8, 4) is 17.3 Å². The molecular formula is C46H62N8O8S. The highest BCUT2D eigenvalue weighted by Gasteiger charge is 2.62. The number of hydrogen-bond acceptors (Lipinski definition) is 12. The molecule has 4 fully saturated rings. The average Bonchev–Trinajstić information content (AvgIpc) is 3.86. The molecule has 0 spiro atoms. The number of Topliss-reactive ketones (excluding diaryl/α,β-unsaturated/α-hetero) is 1. The molecule has 0 radical (unpaired) electrons. The summed E-state index contributed by atoms with van der Waals surface area (Å²) in [5.74, 6) is -1.02. The topological polar surface area (TPSA) is 195 Å². The van der Waals surface area contributed by atoms with Gasteiger partial charge in [-0.3, -0.25) is 28.7 Å². The van der Waals surface area contributed by atoms with Gasteiger partial charge in [0.25, 0.3) is 6.01 Å². The summed E-state index contributed by atoms with van der Waals surface area (Å²) in [4.78, 5) is 75.1. The number of ketones is 1. The summed E-state index contributed by atoms with van der Waals surface area (Å²) in [6, 6.07) is 4.07. The molecule has 63 heavy (non-hydrogen) atoms. The van der Waals surface area contributed by atoms with E-state index >= 15 is 0 Å². The predicted molar refractivity (Wildman–Crippen MR) is 237 cm³/mol. The molecule has 2 saturated heterocycles. The lowest BCUT2D eigenvalue weighted by Gasteiger charge is -2.30. The summed E-state index contributed by atoms with van der Waals surface area (Å²) < 4.78 is 42.2. The Morgan fingerprint density at radius 3 is 2.44 bits per heavy atom. The van der Waals surface area contributed by atoms with Gasteiger partial charge in [0.2, 0.25) is 21.8 Å². The number of para-hydroxylation sites is 1. The van der Waals surface area contributed by atoms with Crippen LogP contribution in [-0.4, -0.2) is 105 Å². The van der Waals surface area contributed by atoms with Crippen LogP contribution < -0.4 is 19.7 Å². The second-order valence-corrected chi connectivity index (χ2v) is 21.9. The number of carbonyl (C=O) groups is 4. The zero-order chi connectivity index (χ0) is 44.9. The molecule has 8 rings (SSSR count). The fourth-order valence-electron chi connectivity index (χ4n) is 9.34. The number of sulfonamides is 1. The molecule has 5 atom stereocenters. The quantitative estimate of drug-likeness (QED) is 0.225. The van der Waals surface area contributed by atoms with Gasteiger partial charge in [-0.1, -0.05) is 37.1 Å². The molecule has 3 aromatic rings. The van der Waals surface area contributed by atoms with E-state index < -0.39 is 61.9 Å². The smallest absolute Gasteiger partial charge is 0.408 e. The average molecular weight is 887 g/mol. The van der Waals surface area contributed by atoms with Crippen molar-refractivity contribution in [3.63, 3.8) is 0 Å². The first-order valence-electron chi connectivity index (χ1n) is 22.7. The molecule has 340 valence electrons. The Morgan fingerprint density at radius 1 is 1.00 bits per heavy atom. The molecular weight excluding hydrogens is 825 g/mol. The summed E-state index contributed by atoms with van der Waals surface area (Å²) in [7, 11) is -3.97. The Bertz CT molecular complexity index is 2380. The van der Waals surface area contributed by atoms with Gasteiger partial charge in [-0.05, 0) is 105 Å². The summed E-state index contributed by atoms with van der Waals surface area (Å²) in [6.45, 7) is 12.8. The van der Waals surface area contributed by atoms with Crippen LogP contribution in [0.5, 0.6) is 6.01 Å². The second-order valence-electron chi connectivity index (χ2n) is 19.7. The van der Waals surface area contributed by atoms with Gasteiger partial charge >= 0.3 is 6.09 Å². The number of amides is 3. The fraction of sp³-hybridized carbons (Fsp3) is 0.630. The normalized spacial score (nSPS) is 27.0. The Labute approximate surface area is 370 Å². The largest absolute Gasteiger partial charge is 0.459 e. The number of nitrogens with one attached hydrogen (secondary N) is 2. The lowest BCUT2D eigenvalue weighted by molar-refractivity contribution is -0.140. The molecule has 2 saturated carbocycles. The Kier molecular flexibility index (Phi) is 12.1. The summed E-state index contributed by atoms with van der Waals surface area (Å²) in [5.41, 5.74) is 0.843. The Hall–Kier alpha value is -5.06. The van der Waals surface area contributed by atoms with Crippen LogP contribution in [0.4, 0.5) is 10.6 Å². The number of carbonyl (C=O) groups excluding carboxylic acids is 4. The van der Waals surface area contributed by atoms with Crippen molar-refractivity contribution in [1.82, 2.24) is 34.5 Å². The van der Waals surface area contributed by atoms with E-state index in [4.69, 9.17) is 24.4 Å². The van der Waals surface area contributed by atoms with E-state index in [9.17, 15) is 27.6 Å². The van der Waals surface area contributed by atoms with E-state index in [2.05, 4.69) is 14.9 Å². The maximum Gasteiger partial charge on any atom is 0.408 e. The van der Waals surface area contributed by atoms with Crippen LogP contribution in [0.1, 0.15) is 125 Å². The van der Waals surface area contributed by atoms with Crippen LogP contribution >= 0.6 is 0 Å². The molecule has 5 aliphatic rings. The molecule has 5 heterocycles.